The number of aromatic nitrogens is 2. The van der Waals surface area contributed by atoms with Crippen LogP contribution in [0.2, 0.25) is 0 Å². The summed E-state index contributed by atoms with van der Waals surface area (Å²) in [5.74, 6) is -0.133. The monoisotopic (exact) mass is 472 g/mol. The third-order valence-corrected chi connectivity index (χ3v) is 7.66. The highest BCUT2D eigenvalue weighted by Crippen LogP contribution is 2.29. The largest absolute Gasteiger partial charge is 0.341 e. The van der Waals surface area contributed by atoms with Crippen molar-refractivity contribution in [1.82, 2.24) is 14.5 Å². The summed E-state index contributed by atoms with van der Waals surface area (Å²) in [6.07, 6.45) is 3.45. The minimum atomic E-state index is -3.91. The Balaban J connectivity index is 1.64. The van der Waals surface area contributed by atoms with Crippen molar-refractivity contribution in [2.45, 2.75) is 38.1 Å². The Morgan fingerprint density at radius 3 is 2.44 bits per heavy atom. The molecule has 3 heterocycles. The van der Waals surface area contributed by atoms with Crippen LogP contribution in [0, 0.1) is 6.92 Å². The van der Waals surface area contributed by atoms with Gasteiger partial charge in [-0.2, -0.15) is 0 Å². The van der Waals surface area contributed by atoms with E-state index in [1.54, 1.807) is 39.8 Å². The molecule has 1 saturated heterocycles. The van der Waals surface area contributed by atoms with Crippen LogP contribution in [-0.2, 0) is 21.4 Å². The van der Waals surface area contributed by atoms with E-state index in [0.717, 1.165) is 31.6 Å². The number of nitrogens with zero attached hydrogens (tertiary/aromatic N) is 3. The Hall–Kier alpha value is -2.98. The number of thiazole rings is 1. The number of nitrogens with one attached hydrogen (secondary N) is 1. The molecule has 0 spiro atoms. The number of rotatable bonds is 7. The molecule has 0 aliphatic carbocycles. The average molecular weight is 473 g/mol. The van der Waals surface area contributed by atoms with Crippen molar-refractivity contribution in [1.29, 1.82) is 0 Å². The summed E-state index contributed by atoms with van der Waals surface area (Å²) in [4.78, 5) is 30.5. The predicted molar refractivity (Wildman–Crippen MR) is 123 cm³/mol. The molecule has 8 nitrogen and oxygen atoms in total. The smallest absolute Gasteiger partial charge is 0.263 e. The summed E-state index contributed by atoms with van der Waals surface area (Å²) in [7, 11) is -3.91. The third-order valence-electron chi connectivity index (χ3n) is 5.33. The van der Waals surface area contributed by atoms with Gasteiger partial charge >= 0.3 is 0 Å². The summed E-state index contributed by atoms with van der Waals surface area (Å²) in [6.45, 7) is 4.83. The molecule has 0 saturated carbocycles. The zero-order valence-electron chi connectivity index (χ0n) is 17.9. The third kappa shape index (κ3) is 4.76. The van der Waals surface area contributed by atoms with Gasteiger partial charge in [0.2, 0.25) is 5.91 Å². The van der Waals surface area contributed by atoms with Crippen LogP contribution in [-0.4, -0.2) is 47.6 Å². The van der Waals surface area contributed by atoms with Crippen LogP contribution < -0.4 is 4.72 Å². The first kappa shape index (κ1) is 22.2. The van der Waals surface area contributed by atoms with E-state index in [1.165, 1.54) is 24.5 Å². The molecule has 0 unspecified atom stereocenters. The number of anilines is 1. The van der Waals surface area contributed by atoms with E-state index in [2.05, 4.69) is 9.71 Å². The summed E-state index contributed by atoms with van der Waals surface area (Å²) in [6, 6.07) is 7.79. The van der Waals surface area contributed by atoms with Crippen molar-refractivity contribution in [2.24, 2.45) is 0 Å². The Morgan fingerprint density at radius 1 is 1.16 bits per heavy atom. The molecule has 1 aliphatic rings. The molecule has 1 N–H and O–H groups in total. The van der Waals surface area contributed by atoms with Crippen molar-refractivity contribution in [2.75, 3.05) is 17.8 Å². The van der Waals surface area contributed by atoms with Gasteiger partial charge in [0, 0.05) is 41.6 Å². The van der Waals surface area contributed by atoms with Gasteiger partial charge in [-0.05, 0) is 57.0 Å². The highest BCUT2D eigenvalue weighted by molar-refractivity contribution is 7.92. The van der Waals surface area contributed by atoms with Gasteiger partial charge in [0.1, 0.15) is 16.4 Å². The fourth-order valence-corrected chi connectivity index (χ4v) is 5.54. The lowest BCUT2D eigenvalue weighted by Crippen LogP contribution is -2.31. The first-order valence-corrected chi connectivity index (χ1v) is 12.6. The standard InChI is InChI=1S/C22H24N4O4S2/c1-15-14-31-22(23-15)20-11-19(12-26(20)13-21(28)25-9-3-4-10-25)32(29,30)24-18-7-5-17(6-8-18)16(2)27/h5-8,11-12,14,24H,3-4,9-10,13H2,1-2H3. The molecule has 2 aromatic heterocycles. The Morgan fingerprint density at radius 2 is 1.84 bits per heavy atom. The zero-order chi connectivity index (χ0) is 22.9. The minimum absolute atomic E-state index is 0.0376. The Bertz CT molecular complexity index is 1250. The van der Waals surface area contributed by atoms with Gasteiger partial charge in [-0.3, -0.25) is 14.3 Å². The van der Waals surface area contributed by atoms with Crippen LogP contribution in [0.25, 0.3) is 10.7 Å². The number of benzene rings is 1. The quantitative estimate of drug-likeness (QED) is 0.530. The van der Waals surface area contributed by atoms with Gasteiger partial charge in [0.15, 0.2) is 5.78 Å². The maximum atomic E-state index is 13.1. The Labute approximate surface area is 190 Å². The number of carbonyl (C=O) groups is 2. The normalized spacial score (nSPS) is 14.0. The van der Waals surface area contributed by atoms with Crippen LogP contribution in [0.3, 0.4) is 0 Å². The van der Waals surface area contributed by atoms with Gasteiger partial charge in [0.05, 0.1) is 5.69 Å². The second-order valence-corrected chi connectivity index (χ2v) is 10.4. The molecule has 1 aromatic carbocycles. The van der Waals surface area contributed by atoms with Gasteiger partial charge < -0.3 is 9.47 Å². The maximum absolute atomic E-state index is 13.1. The highest BCUT2D eigenvalue weighted by atomic mass is 32.2. The van der Waals surface area contributed by atoms with Crippen LogP contribution in [0.1, 0.15) is 35.8 Å². The molecular weight excluding hydrogens is 448 g/mol. The van der Waals surface area contributed by atoms with Gasteiger partial charge in [-0.1, -0.05) is 0 Å². The number of aryl methyl sites for hydroxylation is 1. The van der Waals surface area contributed by atoms with E-state index < -0.39 is 10.0 Å². The number of carbonyl (C=O) groups excluding carboxylic acids is 2. The van der Waals surface area contributed by atoms with E-state index in [9.17, 15) is 18.0 Å². The van der Waals surface area contributed by atoms with E-state index >= 15 is 0 Å². The number of hydrogen-bond donors (Lipinski definition) is 1. The van der Waals surface area contributed by atoms with Gasteiger partial charge in [-0.15, -0.1) is 11.3 Å². The first-order valence-electron chi connectivity index (χ1n) is 10.3. The van der Waals surface area contributed by atoms with Crippen LogP contribution in [0.15, 0.2) is 46.8 Å². The fourth-order valence-electron chi connectivity index (χ4n) is 3.61. The molecule has 0 radical (unpaired) electrons. The molecule has 0 atom stereocenters. The molecule has 4 rings (SSSR count). The maximum Gasteiger partial charge on any atom is 0.263 e. The topological polar surface area (TPSA) is 101 Å². The lowest BCUT2D eigenvalue weighted by Gasteiger charge is -2.16. The number of hydrogen-bond acceptors (Lipinski definition) is 6. The zero-order valence-corrected chi connectivity index (χ0v) is 19.5. The fraction of sp³-hybridized carbons (Fsp3) is 0.318. The summed E-state index contributed by atoms with van der Waals surface area (Å²) >= 11 is 1.40. The van der Waals surface area contributed by atoms with Gasteiger partial charge in [-0.25, -0.2) is 13.4 Å². The average Bonchev–Trinajstić information content (AvgIpc) is 3.49. The number of amides is 1. The number of ketones is 1. The van der Waals surface area contributed by atoms with Gasteiger partial charge in [0.25, 0.3) is 10.0 Å². The molecule has 168 valence electrons. The first-order chi connectivity index (χ1) is 15.2. The summed E-state index contributed by atoms with van der Waals surface area (Å²) in [5, 5.41) is 2.54. The van der Waals surface area contributed by atoms with Crippen LogP contribution in [0.4, 0.5) is 5.69 Å². The van der Waals surface area contributed by atoms with Crippen molar-refractivity contribution < 1.29 is 18.0 Å². The van der Waals surface area contributed by atoms with Crippen LogP contribution in [0.5, 0.6) is 0 Å². The number of Topliss-reactive ketones (excluding diaryl/α,β-unsaturated/α-hetero) is 1. The molecule has 1 aliphatic heterocycles. The van der Waals surface area contributed by atoms with E-state index in [4.69, 9.17) is 0 Å². The molecule has 0 bridgehead atoms. The summed E-state index contributed by atoms with van der Waals surface area (Å²) in [5.41, 5.74) is 2.27. The molecule has 3 aromatic rings. The van der Waals surface area contributed by atoms with Crippen molar-refractivity contribution in [3.8, 4) is 10.7 Å². The molecule has 10 heteroatoms. The number of sulfonamides is 1. The summed E-state index contributed by atoms with van der Waals surface area (Å²) < 4.78 is 30.3. The minimum Gasteiger partial charge on any atom is -0.341 e. The van der Waals surface area contributed by atoms with Crippen molar-refractivity contribution in [3.63, 3.8) is 0 Å². The molecule has 1 amide bonds. The highest BCUT2D eigenvalue weighted by Gasteiger charge is 2.24. The molecule has 1 fully saturated rings. The van der Waals surface area contributed by atoms with E-state index in [1.807, 2.05) is 12.3 Å². The van der Waals surface area contributed by atoms with E-state index in [-0.39, 0.29) is 23.1 Å². The second kappa shape index (κ2) is 8.87. The second-order valence-electron chi connectivity index (χ2n) is 7.81. The SMILES string of the molecule is CC(=O)c1ccc(NS(=O)(=O)c2cc(-c3nc(C)cs3)n(CC(=O)N3CCCC3)c2)cc1. The van der Waals surface area contributed by atoms with Crippen molar-refractivity contribution in [3.05, 3.63) is 53.2 Å². The van der Waals surface area contributed by atoms with Crippen LogP contribution >= 0.6 is 11.3 Å². The molecule has 32 heavy (non-hydrogen) atoms. The lowest BCUT2D eigenvalue weighted by molar-refractivity contribution is -0.130. The Kier molecular flexibility index (Phi) is 6.16. The lowest BCUT2D eigenvalue weighted by atomic mass is 10.1. The predicted octanol–water partition coefficient (Wildman–Crippen LogP) is 3.55. The number of likely N-dealkylation sites (tertiary alicyclic amines) is 1. The van der Waals surface area contributed by atoms with E-state index in [0.29, 0.717) is 22.0 Å². The molecular formula is C22H24N4O4S2. The van der Waals surface area contributed by atoms with Crippen molar-refractivity contribution >= 4 is 38.7 Å².